The van der Waals surface area contributed by atoms with Crippen LogP contribution in [0.25, 0.3) is 0 Å². The first-order valence-electron chi connectivity index (χ1n) is 3.45. The average molecular weight is 295 g/mol. The maximum atomic E-state index is 10.3. The molecule has 0 unspecified atom stereocenters. The van der Waals surface area contributed by atoms with Gasteiger partial charge in [-0.2, -0.15) is 0 Å². The Morgan fingerprint density at radius 2 is 1.69 bits per heavy atom. The first kappa shape index (κ1) is 26.5. The van der Waals surface area contributed by atoms with Crippen LogP contribution in [0.1, 0.15) is 0 Å². The zero-order chi connectivity index (χ0) is 11.8. The number of hydrogen-bond acceptors (Lipinski definition) is 3. The maximum absolute atomic E-state index is 10.3. The van der Waals surface area contributed by atoms with Crippen LogP contribution in [0, 0.1) is 0 Å². The van der Waals surface area contributed by atoms with E-state index in [-0.39, 0.29) is 65.4 Å². The average Bonchev–Trinajstić information content (AvgIpc) is 1.80. The van der Waals surface area contributed by atoms with Crippen molar-refractivity contribution < 1.29 is 28.7 Å². The van der Waals surface area contributed by atoms with Crippen LogP contribution in [-0.2, 0) is 9.13 Å². The molecule has 0 bridgehead atoms. The summed E-state index contributed by atoms with van der Waals surface area (Å²) in [5.74, 6) is 0. The molecular weight excluding hydrogens is 278 g/mol. The molecule has 0 aliphatic rings. The zero-order valence-corrected chi connectivity index (χ0v) is 9.59. The fraction of sp³-hybridized carbons (Fsp3) is 0.600. The Bertz CT molecular complexity index is 231. The van der Waals surface area contributed by atoms with E-state index < -0.39 is 15.9 Å². The summed E-state index contributed by atoms with van der Waals surface area (Å²) < 4.78 is 19.1. The van der Waals surface area contributed by atoms with Gasteiger partial charge in [-0.15, -0.1) is 6.58 Å². The van der Waals surface area contributed by atoms with Gasteiger partial charge in [0, 0.05) is 6.54 Å². The fourth-order valence-electron chi connectivity index (χ4n) is 0.593. The van der Waals surface area contributed by atoms with E-state index in [2.05, 4.69) is 6.58 Å². The van der Waals surface area contributed by atoms with Gasteiger partial charge in [-0.25, -0.2) is 0 Å². The van der Waals surface area contributed by atoms with E-state index in [1.54, 1.807) is 13.1 Å². The third-order valence-electron chi connectivity index (χ3n) is 0.866. The van der Waals surface area contributed by atoms with Gasteiger partial charge < -0.3 is 19.6 Å². The van der Waals surface area contributed by atoms with Crippen LogP contribution < -0.4 is 0 Å². The summed E-state index contributed by atoms with van der Waals surface area (Å²) in [6.07, 6.45) is 1.38. The summed E-state index contributed by atoms with van der Waals surface area (Å²) >= 11 is 0. The molecule has 0 saturated heterocycles. The first-order chi connectivity index (χ1) is 6.19. The Kier molecular flexibility index (Phi) is 25.0. The van der Waals surface area contributed by atoms with Crippen molar-refractivity contribution in [1.29, 1.82) is 0 Å². The molecule has 16 heavy (non-hydrogen) atoms. The van der Waals surface area contributed by atoms with Gasteiger partial charge in [0.05, 0.1) is 0 Å². The van der Waals surface area contributed by atoms with Crippen molar-refractivity contribution in [2.24, 2.45) is 0 Å². The van der Waals surface area contributed by atoms with Gasteiger partial charge in [-0.3, -0.25) is 14.0 Å². The van der Waals surface area contributed by atoms with Crippen molar-refractivity contribution >= 4 is 75.0 Å². The van der Waals surface area contributed by atoms with Crippen LogP contribution in [0.2, 0.25) is 0 Å². The zero-order valence-electron chi connectivity index (χ0n) is 7.70. The number of hydrogen-bond donors (Lipinski definition) is 4. The van der Waals surface area contributed by atoms with Gasteiger partial charge in [-0.1, -0.05) is 6.08 Å². The number of rotatable bonds is 4. The Hall–Kier alpha value is 2.00. The minimum atomic E-state index is -3.87. The second kappa shape index (κ2) is 15.1. The van der Waals surface area contributed by atoms with Gasteiger partial charge in [0.2, 0.25) is 0 Å². The Balaban J connectivity index is -0.000000105. The quantitative estimate of drug-likeness (QED) is 0.277. The molecule has 0 radical (unpaired) electrons. The van der Waals surface area contributed by atoms with Crippen molar-refractivity contribution in [3.8, 4) is 0 Å². The standard InChI is InChI=1S/C5H12NO3P.2Na.H3O3P.2H/c1-3-4-6(2)5-10(7,8)9;;;1-4(2)3;;/h3H,1,4-5H2,2H3,(H2,7,8,9);;;4H,(H2,1,2,3);;. The van der Waals surface area contributed by atoms with Crippen LogP contribution >= 0.6 is 15.9 Å². The molecule has 0 fully saturated rings. The van der Waals surface area contributed by atoms with E-state index >= 15 is 0 Å². The number of nitrogens with zero attached hydrogens (tertiary/aromatic N) is 1. The van der Waals surface area contributed by atoms with Crippen LogP contribution in [0.4, 0.5) is 0 Å². The van der Waals surface area contributed by atoms with Crippen molar-refractivity contribution in [2.45, 2.75) is 0 Å². The van der Waals surface area contributed by atoms with Crippen LogP contribution in [0.5, 0.6) is 0 Å². The predicted octanol–water partition coefficient (Wildman–Crippen LogP) is -1.70. The van der Waals surface area contributed by atoms with Gasteiger partial charge in [0.25, 0.3) is 0 Å². The van der Waals surface area contributed by atoms with Crippen LogP contribution in [-0.4, -0.2) is 103 Å². The Morgan fingerprint density at radius 1 is 1.38 bits per heavy atom. The molecule has 7 nitrogen and oxygen atoms in total. The van der Waals surface area contributed by atoms with Crippen molar-refractivity contribution in [3.63, 3.8) is 0 Å². The van der Waals surface area contributed by atoms with Crippen molar-refractivity contribution in [2.75, 3.05) is 19.9 Å². The molecule has 90 valence electrons. The van der Waals surface area contributed by atoms with E-state index in [0.29, 0.717) is 6.54 Å². The Morgan fingerprint density at radius 3 is 1.88 bits per heavy atom. The molecule has 0 amide bonds. The van der Waals surface area contributed by atoms with Gasteiger partial charge in [0.15, 0.2) is 0 Å². The van der Waals surface area contributed by atoms with E-state index in [1.807, 2.05) is 0 Å². The molecule has 0 spiro atoms. The Labute approximate surface area is 140 Å². The van der Waals surface area contributed by atoms with Gasteiger partial charge in [0.1, 0.15) is 6.29 Å². The predicted molar refractivity (Wildman–Crippen MR) is 67.5 cm³/mol. The SMILES string of the molecule is C=CCN(C)CP(=O)(O)O.O=[PH](O)O.[NaH].[NaH]. The summed E-state index contributed by atoms with van der Waals surface area (Å²) in [4.78, 5) is 32.7. The molecular formula is C5H17NNa2O6P2. The second-order valence-electron chi connectivity index (χ2n) is 2.42. The topological polar surface area (TPSA) is 118 Å². The second-order valence-corrected chi connectivity index (χ2v) is 4.59. The monoisotopic (exact) mass is 295 g/mol. The van der Waals surface area contributed by atoms with E-state index in [9.17, 15) is 4.57 Å². The molecule has 0 aromatic heterocycles. The molecule has 0 heterocycles. The molecule has 0 aromatic carbocycles. The van der Waals surface area contributed by atoms with E-state index in [1.165, 1.54) is 4.90 Å². The third kappa shape index (κ3) is 36.0. The summed E-state index contributed by atoms with van der Waals surface area (Å²) in [6, 6.07) is 0. The van der Waals surface area contributed by atoms with Crippen LogP contribution in [0.3, 0.4) is 0 Å². The fourth-order valence-corrected chi connectivity index (χ4v) is 1.34. The molecule has 11 heteroatoms. The molecule has 0 aliphatic carbocycles. The summed E-state index contributed by atoms with van der Waals surface area (Å²) in [7, 11) is -5.38. The molecule has 0 atom stereocenters. The molecule has 4 N–H and O–H groups in total. The normalized spacial score (nSPS) is 9.69. The van der Waals surface area contributed by atoms with Crippen molar-refractivity contribution in [3.05, 3.63) is 12.7 Å². The van der Waals surface area contributed by atoms with E-state index in [0.717, 1.165) is 0 Å². The summed E-state index contributed by atoms with van der Waals surface area (Å²) in [6.45, 7) is 3.93. The van der Waals surface area contributed by atoms with Gasteiger partial charge in [-0.05, 0) is 7.05 Å². The number of likely N-dealkylation sites (N-methyl/N-ethyl adjacent to an activating group) is 1. The van der Waals surface area contributed by atoms with E-state index in [4.69, 9.17) is 24.1 Å². The van der Waals surface area contributed by atoms with Crippen molar-refractivity contribution in [1.82, 2.24) is 4.90 Å². The first-order valence-corrected chi connectivity index (χ1v) is 6.55. The summed E-state index contributed by atoms with van der Waals surface area (Å²) in [5, 5.41) is 0. The molecule has 0 aliphatic heterocycles. The van der Waals surface area contributed by atoms with Crippen LogP contribution in [0.15, 0.2) is 12.7 Å². The third-order valence-corrected chi connectivity index (χ3v) is 1.72. The van der Waals surface area contributed by atoms with Gasteiger partial charge >= 0.3 is 75.0 Å². The minimum absolute atomic E-state index is 0. The summed E-state index contributed by atoms with van der Waals surface area (Å²) in [5.41, 5.74) is 0. The molecule has 0 aromatic rings. The molecule has 0 saturated carbocycles. The molecule has 0 rings (SSSR count).